The Morgan fingerprint density at radius 3 is 2.80 bits per heavy atom. The normalized spacial score (nSPS) is 19.1. The van der Waals surface area contributed by atoms with Gasteiger partial charge in [-0.25, -0.2) is 4.98 Å². The first-order valence-electron chi connectivity index (χ1n) is 12.3. The van der Waals surface area contributed by atoms with Gasteiger partial charge in [0.15, 0.2) is 5.82 Å². The number of rotatable bonds is 5. The van der Waals surface area contributed by atoms with Crippen LogP contribution in [0.3, 0.4) is 0 Å². The Labute approximate surface area is 205 Å². The van der Waals surface area contributed by atoms with Gasteiger partial charge in [-0.1, -0.05) is 0 Å². The van der Waals surface area contributed by atoms with E-state index < -0.39 is 0 Å². The minimum Gasteiger partial charge on any atom is -0.494 e. The number of likely N-dealkylation sites (tertiary alicyclic amines) is 1. The Balaban J connectivity index is 1.55. The number of nitrogens with two attached hydrogens (primary N) is 1. The number of hydrogen-bond donors (Lipinski definition) is 1. The van der Waals surface area contributed by atoms with Gasteiger partial charge in [-0.05, 0) is 55.9 Å². The molecule has 2 saturated heterocycles. The fraction of sp³-hybridized carbons (Fsp3) is 0.500. The van der Waals surface area contributed by atoms with Crippen LogP contribution in [0.15, 0.2) is 24.3 Å². The second-order valence-electron chi connectivity index (χ2n) is 9.58. The number of aryl methyl sites for hydroxylation is 1. The number of hydrogen-bond acceptors (Lipinski definition) is 6. The van der Waals surface area contributed by atoms with Crippen LogP contribution in [0.25, 0.3) is 22.6 Å². The van der Waals surface area contributed by atoms with Crippen LogP contribution in [0, 0.1) is 17.2 Å². The number of benzene rings is 1. The van der Waals surface area contributed by atoms with Gasteiger partial charge in [-0.15, -0.1) is 0 Å². The van der Waals surface area contributed by atoms with E-state index >= 15 is 0 Å². The molecule has 2 aromatic heterocycles. The van der Waals surface area contributed by atoms with Gasteiger partial charge < -0.3 is 29.2 Å². The van der Waals surface area contributed by atoms with E-state index in [9.17, 15) is 10.1 Å². The smallest absolute Gasteiger partial charge is 0.254 e. The highest BCUT2D eigenvalue weighted by atomic mass is 16.5. The molecule has 1 atom stereocenters. The molecule has 0 bridgehead atoms. The van der Waals surface area contributed by atoms with Crippen molar-refractivity contribution in [2.45, 2.75) is 38.3 Å². The predicted octanol–water partition coefficient (Wildman–Crippen LogP) is 2.91. The van der Waals surface area contributed by atoms with E-state index in [1.165, 1.54) is 0 Å². The van der Waals surface area contributed by atoms with Crippen LogP contribution in [-0.4, -0.2) is 64.4 Å². The molecule has 184 valence electrons. The van der Waals surface area contributed by atoms with Gasteiger partial charge in [-0.3, -0.25) is 4.79 Å². The van der Waals surface area contributed by atoms with Gasteiger partial charge in [0.25, 0.3) is 5.91 Å². The molecule has 0 spiro atoms. The van der Waals surface area contributed by atoms with Crippen molar-refractivity contribution in [3.63, 3.8) is 0 Å². The molecule has 0 radical (unpaired) electrons. The van der Waals surface area contributed by atoms with Gasteiger partial charge >= 0.3 is 0 Å². The minimum atomic E-state index is -0.0535. The second kappa shape index (κ2) is 9.72. The molecule has 9 nitrogen and oxygen atoms in total. The van der Waals surface area contributed by atoms with Crippen molar-refractivity contribution in [1.29, 1.82) is 5.26 Å². The van der Waals surface area contributed by atoms with Crippen molar-refractivity contribution in [2.75, 3.05) is 33.4 Å². The SMILES string of the molecule is COc1cc(C(=O)N2CCC[C@@H](N)C2)cc2nc(-c3ccc(C#N)n3CC3CCOCC3)n(C)c12. The van der Waals surface area contributed by atoms with Crippen molar-refractivity contribution >= 4 is 16.9 Å². The molecule has 2 aliphatic heterocycles. The fourth-order valence-corrected chi connectivity index (χ4v) is 5.34. The summed E-state index contributed by atoms with van der Waals surface area (Å²) in [5.74, 6) is 1.72. The molecule has 3 aromatic rings. The summed E-state index contributed by atoms with van der Waals surface area (Å²) in [7, 11) is 3.55. The summed E-state index contributed by atoms with van der Waals surface area (Å²) in [6.45, 7) is 3.52. The molecule has 0 saturated carbocycles. The van der Waals surface area contributed by atoms with E-state index in [2.05, 4.69) is 10.6 Å². The second-order valence-corrected chi connectivity index (χ2v) is 9.58. The summed E-state index contributed by atoms with van der Waals surface area (Å²) in [5.41, 5.74) is 9.64. The number of nitrogens with zero attached hydrogens (tertiary/aromatic N) is 5. The maximum atomic E-state index is 13.3. The molecule has 5 rings (SSSR count). The van der Waals surface area contributed by atoms with E-state index in [1.54, 1.807) is 13.2 Å². The molecule has 35 heavy (non-hydrogen) atoms. The van der Waals surface area contributed by atoms with Crippen molar-refractivity contribution in [1.82, 2.24) is 19.0 Å². The lowest BCUT2D eigenvalue weighted by molar-refractivity contribution is 0.0613. The van der Waals surface area contributed by atoms with Crippen LogP contribution in [0.2, 0.25) is 0 Å². The first-order chi connectivity index (χ1) is 17.0. The lowest BCUT2D eigenvalue weighted by atomic mass is 10.0. The van der Waals surface area contributed by atoms with Crippen molar-refractivity contribution in [3.8, 4) is 23.3 Å². The van der Waals surface area contributed by atoms with Crippen LogP contribution < -0.4 is 10.5 Å². The van der Waals surface area contributed by atoms with E-state index in [1.807, 2.05) is 34.7 Å². The van der Waals surface area contributed by atoms with E-state index in [-0.39, 0.29) is 11.9 Å². The van der Waals surface area contributed by atoms with Crippen LogP contribution >= 0.6 is 0 Å². The average molecular weight is 477 g/mol. The average Bonchev–Trinajstić information content (AvgIpc) is 3.43. The topological polar surface area (TPSA) is 111 Å². The third-order valence-electron chi connectivity index (χ3n) is 7.25. The van der Waals surface area contributed by atoms with Gasteiger partial charge in [0.2, 0.25) is 0 Å². The summed E-state index contributed by atoms with van der Waals surface area (Å²) in [5, 5.41) is 9.75. The lowest BCUT2D eigenvalue weighted by Crippen LogP contribution is -2.45. The number of ether oxygens (including phenoxy) is 2. The number of nitriles is 1. The lowest BCUT2D eigenvalue weighted by Gasteiger charge is -2.30. The molecule has 0 aliphatic carbocycles. The third-order valence-corrected chi connectivity index (χ3v) is 7.25. The van der Waals surface area contributed by atoms with E-state index in [0.717, 1.165) is 62.5 Å². The minimum absolute atomic E-state index is 0.0117. The Hall–Kier alpha value is -3.35. The molecule has 0 unspecified atom stereocenters. The molecular weight excluding hydrogens is 444 g/mol. The summed E-state index contributed by atoms with van der Waals surface area (Å²) in [4.78, 5) is 20.0. The molecule has 1 aromatic carbocycles. The Kier molecular flexibility index (Phi) is 6.50. The zero-order chi connectivity index (χ0) is 24.5. The first kappa shape index (κ1) is 23.4. The van der Waals surface area contributed by atoms with E-state index in [0.29, 0.717) is 41.5 Å². The highest BCUT2D eigenvalue weighted by Crippen LogP contribution is 2.33. The number of methoxy groups -OCH3 is 1. The number of imidazole rings is 1. The highest BCUT2D eigenvalue weighted by Gasteiger charge is 2.26. The van der Waals surface area contributed by atoms with E-state index in [4.69, 9.17) is 20.2 Å². The van der Waals surface area contributed by atoms with Crippen molar-refractivity contribution < 1.29 is 14.3 Å². The summed E-state index contributed by atoms with van der Waals surface area (Å²) >= 11 is 0. The maximum absolute atomic E-state index is 13.3. The fourth-order valence-electron chi connectivity index (χ4n) is 5.34. The standard InChI is InChI=1S/C26H32N6O3/c1-30-24-21(12-18(13-23(24)34-2)26(33)31-9-3-4-19(28)16-31)29-25(30)22-6-5-20(14-27)32(22)15-17-7-10-35-11-8-17/h5-6,12-13,17,19H,3-4,7-11,15-16,28H2,1-2H3/t19-/m1/s1. The molecule has 1 amide bonds. The van der Waals surface area contributed by atoms with Gasteiger partial charge in [0.1, 0.15) is 23.0 Å². The molecule has 2 fully saturated rings. The predicted molar refractivity (Wildman–Crippen MR) is 132 cm³/mol. The number of carbonyl (C=O) groups excluding carboxylic acids is 1. The number of aromatic nitrogens is 3. The molecule has 4 heterocycles. The van der Waals surface area contributed by atoms with Gasteiger partial charge in [0.05, 0.1) is 18.3 Å². The summed E-state index contributed by atoms with van der Waals surface area (Å²) in [6.07, 6.45) is 3.80. The first-order valence-corrected chi connectivity index (χ1v) is 12.3. The zero-order valence-electron chi connectivity index (χ0n) is 20.4. The highest BCUT2D eigenvalue weighted by molar-refractivity contribution is 6.00. The monoisotopic (exact) mass is 476 g/mol. The zero-order valence-corrected chi connectivity index (χ0v) is 20.4. The third kappa shape index (κ3) is 4.40. The molecular formula is C26H32N6O3. The molecule has 9 heteroatoms. The number of piperidine rings is 1. The van der Waals surface area contributed by atoms with Crippen LogP contribution in [-0.2, 0) is 18.3 Å². The maximum Gasteiger partial charge on any atom is 0.254 e. The Bertz CT molecular complexity index is 1280. The van der Waals surface area contributed by atoms with Crippen LogP contribution in [0.1, 0.15) is 41.7 Å². The number of fused-ring (bicyclic) bond motifs is 1. The number of amides is 1. The molecule has 2 aliphatic rings. The summed E-state index contributed by atoms with van der Waals surface area (Å²) < 4.78 is 15.3. The Morgan fingerprint density at radius 2 is 2.09 bits per heavy atom. The quantitative estimate of drug-likeness (QED) is 0.606. The Morgan fingerprint density at radius 1 is 1.29 bits per heavy atom. The van der Waals surface area contributed by atoms with Gasteiger partial charge in [-0.2, -0.15) is 5.26 Å². The van der Waals surface area contributed by atoms with Crippen molar-refractivity contribution in [3.05, 3.63) is 35.5 Å². The van der Waals surface area contributed by atoms with Gasteiger partial charge in [0, 0.05) is 51.5 Å². The van der Waals surface area contributed by atoms with Crippen molar-refractivity contribution in [2.24, 2.45) is 18.7 Å². The van der Waals surface area contributed by atoms with Crippen LogP contribution in [0.4, 0.5) is 0 Å². The number of carbonyl (C=O) groups is 1. The largest absolute Gasteiger partial charge is 0.494 e. The van der Waals surface area contributed by atoms with Crippen LogP contribution in [0.5, 0.6) is 5.75 Å². The summed E-state index contributed by atoms with van der Waals surface area (Å²) in [6, 6.07) is 9.76. The molecule has 2 N–H and O–H groups in total.